The van der Waals surface area contributed by atoms with Crippen molar-refractivity contribution in [2.24, 2.45) is 4.99 Å². The minimum Gasteiger partial charge on any atom is -0.497 e. The van der Waals surface area contributed by atoms with Crippen molar-refractivity contribution in [2.45, 2.75) is 13.0 Å². The molecule has 0 radical (unpaired) electrons. The number of methoxy groups -OCH3 is 3. The summed E-state index contributed by atoms with van der Waals surface area (Å²) in [5.41, 5.74) is 1.79. The lowest BCUT2D eigenvalue weighted by Crippen LogP contribution is -2.40. The van der Waals surface area contributed by atoms with Gasteiger partial charge in [-0.05, 0) is 48.9 Å². The van der Waals surface area contributed by atoms with Crippen molar-refractivity contribution in [1.82, 2.24) is 4.57 Å². The summed E-state index contributed by atoms with van der Waals surface area (Å²) in [6.07, 6.45) is 1.77. The molecule has 4 rings (SSSR count). The topological polar surface area (TPSA) is 79.1 Å². The van der Waals surface area contributed by atoms with Crippen molar-refractivity contribution in [2.75, 3.05) is 21.3 Å². The van der Waals surface area contributed by atoms with Crippen LogP contribution in [0.2, 0.25) is 5.02 Å². The van der Waals surface area contributed by atoms with Gasteiger partial charge in [-0.1, -0.05) is 35.1 Å². The summed E-state index contributed by atoms with van der Waals surface area (Å²) in [5, 5.41) is 0.447. The van der Waals surface area contributed by atoms with Crippen LogP contribution in [0.15, 0.2) is 63.5 Å². The highest BCUT2D eigenvalue weighted by Crippen LogP contribution is 2.37. The van der Waals surface area contributed by atoms with E-state index in [0.29, 0.717) is 37.1 Å². The van der Waals surface area contributed by atoms with Crippen LogP contribution in [0.1, 0.15) is 24.1 Å². The first-order valence-corrected chi connectivity index (χ1v) is 11.2. The first-order valence-electron chi connectivity index (χ1n) is 9.96. The van der Waals surface area contributed by atoms with Gasteiger partial charge in [0.15, 0.2) is 4.80 Å². The molecule has 0 N–H and O–H groups in total. The summed E-state index contributed by atoms with van der Waals surface area (Å²) in [7, 11) is 4.40. The van der Waals surface area contributed by atoms with Gasteiger partial charge in [-0.2, -0.15) is 0 Å². The average Bonchev–Trinajstić information content (AvgIpc) is 3.12. The number of nitrogens with zero attached hydrogens (tertiary/aromatic N) is 2. The monoisotopic (exact) mass is 484 g/mol. The van der Waals surface area contributed by atoms with Crippen LogP contribution in [-0.4, -0.2) is 31.9 Å². The molecule has 9 heteroatoms. The molecule has 170 valence electrons. The first kappa shape index (κ1) is 22.8. The minimum atomic E-state index is -0.810. The SMILES string of the molecule is COC(=O)C1=C(C)N=c2s/c(=C\c3cccc(OC)c3)c(=O)n2[C@H]1c1cc(Cl)ccc1OC. The fourth-order valence-corrected chi connectivity index (χ4v) is 5.02. The highest BCUT2D eigenvalue weighted by molar-refractivity contribution is 7.07. The molecule has 2 aromatic carbocycles. The molecule has 0 fully saturated rings. The third-order valence-corrected chi connectivity index (χ3v) is 6.52. The third kappa shape index (κ3) is 4.19. The van der Waals surface area contributed by atoms with Gasteiger partial charge in [0.25, 0.3) is 5.56 Å². The number of allylic oxidation sites excluding steroid dienone is 1. The van der Waals surface area contributed by atoms with Crippen molar-refractivity contribution >= 4 is 35.0 Å². The molecule has 7 nitrogen and oxygen atoms in total. The number of halogens is 1. The van der Waals surface area contributed by atoms with Gasteiger partial charge in [0, 0.05) is 10.6 Å². The Balaban J connectivity index is 2.01. The first-order chi connectivity index (χ1) is 15.9. The Hall–Kier alpha value is -3.36. The maximum Gasteiger partial charge on any atom is 0.338 e. The molecule has 0 amide bonds. The van der Waals surface area contributed by atoms with Crippen LogP contribution in [0, 0.1) is 0 Å². The number of ether oxygens (including phenoxy) is 3. The second-order valence-electron chi connectivity index (χ2n) is 7.24. The van der Waals surface area contributed by atoms with Gasteiger partial charge >= 0.3 is 5.97 Å². The Labute approximate surface area is 198 Å². The predicted octanol–water partition coefficient (Wildman–Crippen LogP) is 3.08. The number of aromatic nitrogens is 1. The van der Waals surface area contributed by atoms with Crippen molar-refractivity contribution in [3.8, 4) is 11.5 Å². The standard InChI is InChI=1S/C24H21ClN2O5S/c1-13-20(23(29)32-4)21(17-12-15(25)8-9-18(17)31-3)27-22(28)19(33-24(27)26-13)11-14-6-5-7-16(10-14)30-2/h5-12,21H,1-4H3/b19-11-/t21-/m0/s1. The lowest BCUT2D eigenvalue weighted by Gasteiger charge is -2.25. The summed E-state index contributed by atoms with van der Waals surface area (Å²) in [4.78, 5) is 31.4. The molecular weight excluding hydrogens is 464 g/mol. The molecule has 3 aromatic rings. The van der Waals surface area contributed by atoms with Crippen LogP contribution >= 0.6 is 22.9 Å². The zero-order valence-electron chi connectivity index (χ0n) is 18.4. The van der Waals surface area contributed by atoms with Crippen molar-refractivity contribution < 1.29 is 19.0 Å². The Morgan fingerprint density at radius 2 is 1.94 bits per heavy atom. The molecule has 0 bridgehead atoms. The minimum absolute atomic E-state index is 0.249. The number of thiazole rings is 1. The van der Waals surface area contributed by atoms with Crippen molar-refractivity contribution in [1.29, 1.82) is 0 Å². The quantitative estimate of drug-likeness (QED) is 0.520. The van der Waals surface area contributed by atoms with Crippen LogP contribution in [-0.2, 0) is 9.53 Å². The number of hydrogen-bond acceptors (Lipinski definition) is 7. The molecule has 2 heterocycles. The van der Waals surface area contributed by atoms with E-state index in [1.165, 1.54) is 30.1 Å². The summed E-state index contributed by atoms with van der Waals surface area (Å²) in [5.74, 6) is 0.593. The van der Waals surface area contributed by atoms with Crippen LogP contribution < -0.4 is 24.4 Å². The molecule has 33 heavy (non-hydrogen) atoms. The molecule has 1 atom stereocenters. The lowest BCUT2D eigenvalue weighted by molar-refractivity contribution is -0.136. The summed E-state index contributed by atoms with van der Waals surface area (Å²) in [6.45, 7) is 1.72. The normalized spacial score (nSPS) is 15.7. The van der Waals surface area contributed by atoms with Gasteiger partial charge < -0.3 is 14.2 Å². The Morgan fingerprint density at radius 3 is 2.64 bits per heavy atom. The van der Waals surface area contributed by atoms with Gasteiger partial charge in [0.1, 0.15) is 17.5 Å². The van der Waals surface area contributed by atoms with Crippen molar-refractivity contribution in [3.05, 3.63) is 89.6 Å². The van der Waals surface area contributed by atoms with E-state index in [0.717, 1.165) is 5.56 Å². The summed E-state index contributed by atoms with van der Waals surface area (Å²) >= 11 is 7.52. The second-order valence-corrected chi connectivity index (χ2v) is 8.68. The summed E-state index contributed by atoms with van der Waals surface area (Å²) in [6, 6.07) is 11.7. The largest absolute Gasteiger partial charge is 0.497 e. The zero-order chi connectivity index (χ0) is 23.7. The lowest BCUT2D eigenvalue weighted by atomic mass is 9.95. The van der Waals surface area contributed by atoms with E-state index in [1.807, 2.05) is 24.3 Å². The fraction of sp³-hybridized carbons (Fsp3) is 0.208. The van der Waals surface area contributed by atoms with E-state index in [4.69, 9.17) is 25.8 Å². The average molecular weight is 485 g/mol. The van der Waals surface area contributed by atoms with Gasteiger partial charge in [0.2, 0.25) is 0 Å². The zero-order valence-corrected chi connectivity index (χ0v) is 20.0. The van der Waals surface area contributed by atoms with E-state index >= 15 is 0 Å². The molecular formula is C24H21ClN2O5S. The fourth-order valence-electron chi connectivity index (χ4n) is 3.79. The Kier molecular flexibility index (Phi) is 6.40. The van der Waals surface area contributed by atoms with E-state index < -0.39 is 12.0 Å². The van der Waals surface area contributed by atoms with Crippen LogP contribution in [0.3, 0.4) is 0 Å². The van der Waals surface area contributed by atoms with Gasteiger partial charge in [-0.15, -0.1) is 0 Å². The van der Waals surface area contributed by atoms with E-state index in [2.05, 4.69) is 4.99 Å². The smallest absolute Gasteiger partial charge is 0.338 e. The van der Waals surface area contributed by atoms with Crippen LogP contribution in [0.4, 0.5) is 0 Å². The van der Waals surface area contributed by atoms with Crippen LogP contribution in [0.25, 0.3) is 6.08 Å². The maximum absolute atomic E-state index is 13.6. The number of fused-ring (bicyclic) bond motifs is 1. The second kappa shape index (κ2) is 9.25. The van der Waals surface area contributed by atoms with E-state index in [1.54, 1.807) is 38.3 Å². The van der Waals surface area contributed by atoms with Crippen molar-refractivity contribution in [3.63, 3.8) is 0 Å². The molecule has 1 aliphatic heterocycles. The Morgan fingerprint density at radius 1 is 1.15 bits per heavy atom. The van der Waals surface area contributed by atoms with Gasteiger partial charge in [-0.25, -0.2) is 9.79 Å². The summed E-state index contributed by atoms with van der Waals surface area (Å²) < 4.78 is 17.8. The van der Waals surface area contributed by atoms with E-state index in [-0.39, 0.29) is 11.1 Å². The maximum atomic E-state index is 13.6. The Bertz CT molecular complexity index is 1450. The number of rotatable bonds is 5. The number of carbonyl (C=O) groups is 1. The van der Waals surface area contributed by atoms with Gasteiger partial charge in [0.05, 0.1) is 37.1 Å². The number of esters is 1. The molecule has 0 aliphatic carbocycles. The number of benzene rings is 2. The highest BCUT2D eigenvalue weighted by atomic mass is 35.5. The molecule has 0 saturated carbocycles. The van der Waals surface area contributed by atoms with Crippen LogP contribution in [0.5, 0.6) is 11.5 Å². The number of carbonyl (C=O) groups excluding carboxylic acids is 1. The molecule has 0 spiro atoms. The number of hydrogen-bond donors (Lipinski definition) is 0. The van der Waals surface area contributed by atoms with Gasteiger partial charge in [-0.3, -0.25) is 9.36 Å². The molecule has 1 aliphatic rings. The highest BCUT2D eigenvalue weighted by Gasteiger charge is 2.35. The molecule has 1 aromatic heterocycles. The third-order valence-electron chi connectivity index (χ3n) is 5.30. The molecule has 0 saturated heterocycles. The molecule has 0 unspecified atom stereocenters. The van der Waals surface area contributed by atoms with E-state index in [9.17, 15) is 9.59 Å². The predicted molar refractivity (Wildman–Crippen MR) is 127 cm³/mol.